The maximum absolute atomic E-state index is 11.9. The third kappa shape index (κ3) is 3.34. The second-order valence-corrected chi connectivity index (χ2v) is 4.50. The number of amides is 2. The van der Waals surface area contributed by atoms with Crippen LogP contribution in [0.4, 0.5) is 11.9 Å². The maximum Gasteiger partial charge on any atom is 0.295 e. The van der Waals surface area contributed by atoms with Crippen LogP contribution in [-0.4, -0.2) is 57.1 Å². The van der Waals surface area contributed by atoms with Gasteiger partial charge in [0.25, 0.3) is 11.8 Å². The van der Waals surface area contributed by atoms with Gasteiger partial charge in [0.15, 0.2) is 0 Å². The molecule has 2 amide bonds. The molecule has 0 aliphatic carbocycles. The fourth-order valence-corrected chi connectivity index (χ4v) is 1.63. The molecule has 122 valence electrons. The maximum atomic E-state index is 11.9. The number of carbonyl (C=O) groups is 2. The molecule has 0 unspecified atom stereocenters. The molecule has 0 saturated carbocycles. The molecule has 13 nitrogen and oxygen atoms in total. The van der Waals surface area contributed by atoms with E-state index in [2.05, 4.69) is 55.9 Å². The number of aryl methyl sites for hydroxylation is 2. The summed E-state index contributed by atoms with van der Waals surface area (Å²) in [6.45, 7) is 3.27. The van der Waals surface area contributed by atoms with E-state index in [9.17, 15) is 9.59 Å². The number of aromatic nitrogens is 9. The molecule has 13 heteroatoms. The van der Waals surface area contributed by atoms with Gasteiger partial charge in [0.05, 0.1) is 0 Å². The SMILES string of the molecule is Cc1n[nH]c(C(=O)Nc2ncnc(NC(=O)c3nc(C)n[nH]3)n2)n1. The molecule has 0 aliphatic heterocycles. The summed E-state index contributed by atoms with van der Waals surface area (Å²) in [6.07, 6.45) is 1.13. The summed E-state index contributed by atoms with van der Waals surface area (Å²) in [4.78, 5) is 43.1. The summed E-state index contributed by atoms with van der Waals surface area (Å²) in [6, 6.07) is 0. The second-order valence-electron chi connectivity index (χ2n) is 4.50. The molecule has 3 aromatic rings. The summed E-state index contributed by atoms with van der Waals surface area (Å²) in [7, 11) is 0. The van der Waals surface area contributed by atoms with Gasteiger partial charge in [0, 0.05) is 0 Å². The van der Waals surface area contributed by atoms with Gasteiger partial charge in [-0.15, -0.1) is 0 Å². The van der Waals surface area contributed by atoms with Crippen LogP contribution < -0.4 is 10.6 Å². The molecule has 0 radical (unpaired) electrons. The Morgan fingerprint density at radius 1 is 0.833 bits per heavy atom. The monoisotopic (exact) mass is 329 g/mol. The van der Waals surface area contributed by atoms with Crippen molar-refractivity contribution < 1.29 is 9.59 Å². The number of rotatable bonds is 4. The number of nitrogens with one attached hydrogen (secondary N) is 4. The first-order valence-corrected chi connectivity index (χ1v) is 6.61. The zero-order valence-electron chi connectivity index (χ0n) is 12.5. The van der Waals surface area contributed by atoms with E-state index in [-0.39, 0.29) is 23.5 Å². The first kappa shape index (κ1) is 15.1. The van der Waals surface area contributed by atoms with Crippen molar-refractivity contribution in [3.05, 3.63) is 29.6 Å². The lowest BCUT2D eigenvalue weighted by Gasteiger charge is -2.03. The summed E-state index contributed by atoms with van der Waals surface area (Å²) < 4.78 is 0. The highest BCUT2D eigenvalue weighted by atomic mass is 16.2. The molecule has 0 atom stereocenters. The number of aromatic amines is 2. The number of H-pyrrole nitrogens is 2. The third-order valence-electron chi connectivity index (χ3n) is 2.65. The number of anilines is 2. The van der Waals surface area contributed by atoms with Crippen LogP contribution >= 0.6 is 0 Å². The quantitative estimate of drug-likeness (QED) is 0.477. The Bertz CT molecular complexity index is 829. The highest BCUT2D eigenvalue weighted by molar-refractivity contribution is 6.01. The molecule has 0 fully saturated rings. The number of hydrogen-bond donors (Lipinski definition) is 4. The third-order valence-corrected chi connectivity index (χ3v) is 2.65. The molecule has 3 heterocycles. The van der Waals surface area contributed by atoms with Gasteiger partial charge in [-0.3, -0.25) is 30.4 Å². The fourth-order valence-electron chi connectivity index (χ4n) is 1.63. The predicted molar refractivity (Wildman–Crippen MR) is 78.0 cm³/mol. The minimum Gasteiger partial charge on any atom is -0.288 e. The number of hydrogen-bond acceptors (Lipinski definition) is 9. The summed E-state index contributed by atoms with van der Waals surface area (Å²) in [5, 5.41) is 17.2. The van der Waals surface area contributed by atoms with E-state index in [1.54, 1.807) is 13.8 Å². The minimum atomic E-state index is -0.579. The highest BCUT2D eigenvalue weighted by Gasteiger charge is 2.15. The zero-order valence-corrected chi connectivity index (χ0v) is 12.5. The smallest absolute Gasteiger partial charge is 0.288 e. The van der Waals surface area contributed by atoms with E-state index in [0.717, 1.165) is 6.33 Å². The van der Waals surface area contributed by atoms with Gasteiger partial charge in [-0.05, 0) is 13.8 Å². The molecular formula is C11H11N11O2. The van der Waals surface area contributed by atoms with E-state index in [4.69, 9.17) is 0 Å². The van der Waals surface area contributed by atoms with Crippen molar-refractivity contribution in [1.82, 2.24) is 45.3 Å². The molecule has 0 spiro atoms. The van der Waals surface area contributed by atoms with E-state index in [0.29, 0.717) is 11.6 Å². The van der Waals surface area contributed by atoms with Crippen molar-refractivity contribution in [1.29, 1.82) is 0 Å². The van der Waals surface area contributed by atoms with Gasteiger partial charge in [0.1, 0.15) is 18.0 Å². The predicted octanol–water partition coefficient (Wildman–Crippen LogP) is -0.771. The van der Waals surface area contributed by atoms with Crippen LogP contribution in [0.15, 0.2) is 6.33 Å². The van der Waals surface area contributed by atoms with Gasteiger partial charge in [-0.2, -0.15) is 15.2 Å². The summed E-state index contributed by atoms with van der Waals surface area (Å²) >= 11 is 0. The van der Waals surface area contributed by atoms with Crippen molar-refractivity contribution in [3.8, 4) is 0 Å². The Labute approximate surface area is 133 Å². The van der Waals surface area contributed by atoms with E-state index in [1.807, 2.05) is 0 Å². The van der Waals surface area contributed by atoms with Crippen LogP contribution in [0.2, 0.25) is 0 Å². The van der Waals surface area contributed by atoms with Crippen LogP contribution in [0.3, 0.4) is 0 Å². The van der Waals surface area contributed by atoms with Crippen LogP contribution in [0.5, 0.6) is 0 Å². The molecule has 0 saturated heterocycles. The van der Waals surface area contributed by atoms with Gasteiger partial charge < -0.3 is 0 Å². The lowest BCUT2D eigenvalue weighted by molar-refractivity contribution is 0.101. The molecular weight excluding hydrogens is 318 g/mol. The number of carbonyl (C=O) groups excluding carboxylic acids is 2. The van der Waals surface area contributed by atoms with Gasteiger partial charge in [-0.25, -0.2) is 19.9 Å². The first-order chi connectivity index (χ1) is 11.5. The van der Waals surface area contributed by atoms with Crippen molar-refractivity contribution >= 4 is 23.7 Å². The van der Waals surface area contributed by atoms with E-state index >= 15 is 0 Å². The topological polar surface area (TPSA) is 180 Å². The molecule has 0 bridgehead atoms. The van der Waals surface area contributed by atoms with Crippen molar-refractivity contribution in [2.24, 2.45) is 0 Å². The molecule has 4 N–H and O–H groups in total. The van der Waals surface area contributed by atoms with Gasteiger partial charge in [-0.1, -0.05) is 0 Å². The second kappa shape index (κ2) is 6.15. The van der Waals surface area contributed by atoms with E-state index < -0.39 is 11.8 Å². The summed E-state index contributed by atoms with van der Waals surface area (Å²) in [5.74, 6) is -0.417. The molecule has 0 aromatic carbocycles. The van der Waals surface area contributed by atoms with Crippen LogP contribution in [0, 0.1) is 13.8 Å². The molecule has 0 aliphatic rings. The van der Waals surface area contributed by atoms with E-state index in [1.165, 1.54) is 0 Å². The highest BCUT2D eigenvalue weighted by Crippen LogP contribution is 2.05. The Hall–Kier alpha value is -3.77. The van der Waals surface area contributed by atoms with Crippen molar-refractivity contribution in [3.63, 3.8) is 0 Å². The lowest BCUT2D eigenvalue weighted by Crippen LogP contribution is -2.19. The lowest BCUT2D eigenvalue weighted by atomic mass is 10.5. The molecule has 24 heavy (non-hydrogen) atoms. The van der Waals surface area contributed by atoms with Crippen molar-refractivity contribution in [2.45, 2.75) is 13.8 Å². The first-order valence-electron chi connectivity index (χ1n) is 6.61. The van der Waals surface area contributed by atoms with Gasteiger partial charge >= 0.3 is 0 Å². The standard InChI is InChI=1S/C11H11N11O2/c1-4-14-6(21-19-4)8(23)16-10-12-3-13-11(18-10)17-9(24)7-15-5(2)20-22-7/h3H,1-2H3,(H,14,19,21)(H,15,20,22)(H2,12,13,16,17,18,23,24). The average molecular weight is 329 g/mol. The van der Waals surface area contributed by atoms with Crippen LogP contribution in [0.1, 0.15) is 32.9 Å². The summed E-state index contributed by atoms with van der Waals surface area (Å²) in [5.41, 5.74) is 0. The Morgan fingerprint density at radius 2 is 1.29 bits per heavy atom. The minimum absolute atomic E-state index is 0.00985. The van der Waals surface area contributed by atoms with Gasteiger partial charge in [0.2, 0.25) is 23.5 Å². The van der Waals surface area contributed by atoms with Crippen LogP contribution in [-0.2, 0) is 0 Å². The van der Waals surface area contributed by atoms with Crippen molar-refractivity contribution in [2.75, 3.05) is 10.6 Å². The normalized spacial score (nSPS) is 10.4. The Morgan fingerprint density at radius 3 is 1.67 bits per heavy atom. The Balaban J connectivity index is 1.70. The zero-order chi connectivity index (χ0) is 17.1. The van der Waals surface area contributed by atoms with Crippen LogP contribution in [0.25, 0.3) is 0 Å². The fraction of sp³-hybridized carbons (Fsp3) is 0.182. The number of nitrogens with zero attached hydrogens (tertiary/aromatic N) is 7. The average Bonchev–Trinajstić information content (AvgIpc) is 3.16. The Kier molecular flexibility index (Phi) is 3.88. The molecule has 3 rings (SSSR count). The molecule has 3 aromatic heterocycles. The largest absolute Gasteiger partial charge is 0.295 e.